The van der Waals surface area contributed by atoms with E-state index in [9.17, 15) is 9.18 Å². The zero-order valence-electron chi connectivity index (χ0n) is 11.7. The Hall–Kier alpha value is -2.62. The number of ether oxygens (including phenoxy) is 1. The minimum atomic E-state index is -0.392. The van der Waals surface area contributed by atoms with Crippen molar-refractivity contribution in [2.75, 3.05) is 11.9 Å². The third-order valence-electron chi connectivity index (χ3n) is 2.68. The average Bonchev–Trinajstić information content (AvgIpc) is 2.45. The summed E-state index contributed by atoms with van der Waals surface area (Å²) in [5, 5.41) is 2.63. The predicted molar refractivity (Wildman–Crippen MR) is 81.1 cm³/mol. The second kappa shape index (κ2) is 6.70. The second-order valence-corrected chi connectivity index (χ2v) is 4.73. The van der Waals surface area contributed by atoms with Gasteiger partial charge in [0.05, 0.1) is 0 Å². The normalized spacial score (nSPS) is 10.0. The molecule has 0 aliphatic rings. The van der Waals surface area contributed by atoms with Crippen molar-refractivity contribution < 1.29 is 13.9 Å². The Labute approximate surface area is 123 Å². The molecule has 0 heterocycles. The average molecular weight is 285 g/mol. The highest BCUT2D eigenvalue weighted by Gasteiger charge is 2.06. The van der Waals surface area contributed by atoms with E-state index in [2.05, 4.69) is 11.9 Å². The molecule has 2 aromatic carbocycles. The van der Waals surface area contributed by atoms with Crippen LogP contribution in [0.25, 0.3) is 0 Å². The van der Waals surface area contributed by atoms with Gasteiger partial charge >= 0.3 is 0 Å². The standard InChI is InChI=1S/C17H16FNO2/c1-12(2)11-21-16-8-6-13(7-9-16)17(20)19-15-5-3-4-14(18)10-15/h3-10H,1,11H2,2H3,(H,19,20). The molecule has 0 aromatic heterocycles. The van der Waals surface area contributed by atoms with E-state index in [0.717, 1.165) is 5.57 Å². The monoisotopic (exact) mass is 285 g/mol. The van der Waals surface area contributed by atoms with E-state index in [0.29, 0.717) is 23.6 Å². The highest BCUT2D eigenvalue weighted by Crippen LogP contribution is 2.15. The van der Waals surface area contributed by atoms with Gasteiger partial charge < -0.3 is 10.1 Å². The largest absolute Gasteiger partial charge is 0.489 e. The van der Waals surface area contributed by atoms with Crippen LogP contribution in [0.15, 0.2) is 60.7 Å². The number of hydrogen-bond acceptors (Lipinski definition) is 2. The molecule has 4 heteroatoms. The lowest BCUT2D eigenvalue weighted by Crippen LogP contribution is -2.11. The van der Waals surface area contributed by atoms with Gasteiger partial charge in [0.15, 0.2) is 0 Å². The Morgan fingerprint density at radius 2 is 1.95 bits per heavy atom. The molecule has 0 aliphatic heterocycles. The van der Waals surface area contributed by atoms with Gasteiger partial charge in [-0.25, -0.2) is 4.39 Å². The smallest absolute Gasteiger partial charge is 0.255 e. The molecule has 0 radical (unpaired) electrons. The Balaban J connectivity index is 2.01. The summed E-state index contributed by atoms with van der Waals surface area (Å²) in [5.74, 6) is -0.0244. The van der Waals surface area contributed by atoms with Crippen molar-refractivity contribution in [2.24, 2.45) is 0 Å². The summed E-state index contributed by atoms with van der Waals surface area (Å²) in [5.41, 5.74) is 1.81. The van der Waals surface area contributed by atoms with Crippen molar-refractivity contribution in [1.82, 2.24) is 0 Å². The lowest BCUT2D eigenvalue weighted by atomic mass is 10.2. The molecule has 0 saturated carbocycles. The number of carbonyl (C=O) groups excluding carboxylic acids is 1. The molecule has 1 amide bonds. The van der Waals surface area contributed by atoms with E-state index in [1.165, 1.54) is 12.1 Å². The number of benzene rings is 2. The minimum absolute atomic E-state index is 0.299. The van der Waals surface area contributed by atoms with E-state index in [-0.39, 0.29) is 5.91 Å². The topological polar surface area (TPSA) is 38.3 Å². The number of rotatable bonds is 5. The molecule has 0 aliphatic carbocycles. The highest BCUT2D eigenvalue weighted by atomic mass is 19.1. The predicted octanol–water partition coefficient (Wildman–Crippen LogP) is 4.03. The molecule has 0 fully saturated rings. The van der Waals surface area contributed by atoms with Crippen LogP contribution in [-0.4, -0.2) is 12.5 Å². The SMILES string of the molecule is C=C(C)COc1ccc(C(=O)Nc2cccc(F)c2)cc1. The van der Waals surface area contributed by atoms with Crippen molar-refractivity contribution in [3.05, 3.63) is 72.1 Å². The van der Waals surface area contributed by atoms with Gasteiger partial charge in [-0.2, -0.15) is 0 Å². The van der Waals surface area contributed by atoms with Crippen LogP contribution in [0, 0.1) is 5.82 Å². The molecular formula is C17H16FNO2. The van der Waals surface area contributed by atoms with Crippen LogP contribution in [0.1, 0.15) is 17.3 Å². The van der Waals surface area contributed by atoms with Gasteiger partial charge in [0.2, 0.25) is 0 Å². The number of amides is 1. The fourth-order valence-electron chi connectivity index (χ4n) is 1.68. The molecule has 2 rings (SSSR count). The summed E-state index contributed by atoms with van der Waals surface area (Å²) in [6, 6.07) is 12.5. The molecular weight excluding hydrogens is 269 g/mol. The van der Waals surface area contributed by atoms with E-state index < -0.39 is 5.82 Å². The molecule has 2 aromatic rings. The van der Waals surface area contributed by atoms with Crippen molar-refractivity contribution in [3.8, 4) is 5.75 Å². The molecule has 3 nitrogen and oxygen atoms in total. The third-order valence-corrected chi connectivity index (χ3v) is 2.68. The zero-order chi connectivity index (χ0) is 15.2. The summed E-state index contributed by atoms with van der Waals surface area (Å²) in [7, 11) is 0. The van der Waals surface area contributed by atoms with Crippen molar-refractivity contribution >= 4 is 11.6 Å². The summed E-state index contributed by atoms with van der Waals surface area (Å²) >= 11 is 0. The Morgan fingerprint density at radius 1 is 1.24 bits per heavy atom. The molecule has 21 heavy (non-hydrogen) atoms. The summed E-state index contributed by atoms with van der Waals surface area (Å²) < 4.78 is 18.5. The molecule has 0 spiro atoms. The van der Waals surface area contributed by atoms with Crippen molar-refractivity contribution in [2.45, 2.75) is 6.92 Å². The van der Waals surface area contributed by atoms with Gasteiger partial charge in [0.1, 0.15) is 18.2 Å². The molecule has 108 valence electrons. The van der Waals surface area contributed by atoms with Gasteiger partial charge in [-0.15, -0.1) is 0 Å². The molecule has 0 atom stereocenters. The first kappa shape index (κ1) is 14.8. The van der Waals surface area contributed by atoms with Crippen LogP contribution < -0.4 is 10.1 Å². The van der Waals surface area contributed by atoms with Gasteiger partial charge in [-0.1, -0.05) is 12.6 Å². The maximum absolute atomic E-state index is 13.0. The fourth-order valence-corrected chi connectivity index (χ4v) is 1.68. The van der Waals surface area contributed by atoms with E-state index in [1.807, 2.05) is 6.92 Å². The van der Waals surface area contributed by atoms with Crippen molar-refractivity contribution in [1.29, 1.82) is 0 Å². The van der Waals surface area contributed by atoms with Gasteiger partial charge in [0.25, 0.3) is 5.91 Å². The number of halogens is 1. The highest BCUT2D eigenvalue weighted by molar-refractivity contribution is 6.04. The lowest BCUT2D eigenvalue weighted by molar-refractivity contribution is 0.102. The van der Waals surface area contributed by atoms with Crippen LogP contribution in [-0.2, 0) is 0 Å². The maximum Gasteiger partial charge on any atom is 0.255 e. The van der Waals surface area contributed by atoms with Gasteiger partial charge in [-0.3, -0.25) is 4.79 Å². The summed E-state index contributed by atoms with van der Waals surface area (Å²) in [6.07, 6.45) is 0. The Morgan fingerprint density at radius 3 is 2.57 bits per heavy atom. The first-order valence-electron chi connectivity index (χ1n) is 6.49. The van der Waals surface area contributed by atoms with Crippen LogP contribution in [0.3, 0.4) is 0 Å². The molecule has 0 bridgehead atoms. The molecule has 0 unspecified atom stereocenters. The summed E-state index contributed by atoms with van der Waals surface area (Å²) in [6.45, 7) is 6.07. The minimum Gasteiger partial charge on any atom is -0.489 e. The maximum atomic E-state index is 13.0. The number of hydrogen-bond donors (Lipinski definition) is 1. The quantitative estimate of drug-likeness (QED) is 0.842. The van der Waals surface area contributed by atoms with Crippen molar-refractivity contribution in [3.63, 3.8) is 0 Å². The lowest BCUT2D eigenvalue weighted by Gasteiger charge is -2.08. The zero-order valence-corrected chi connectivity index (χ0v) is 11.7. The fraction of sp³-hybridized carbons (Fsp3) is 0.118. The number of nitrogens with one attached hydrogen (secondary N) is 1. The number of anilines is 1. The number of carbonyl (C=O) groups is 1. The summed E-state index contributed by atoms with van der Waals surface area (Å²) in [4.78, 5) is 12.0. The molecule has 0 saturated heterocycles. The van der Waals surface area contributed by atoms with Gasteiger partial charge in [-0.05, 0) is 55.0 Å². The van der Waals surface area contributed by atoms with Gasteiger partial charge in [0, 0.05) is 11.3 Å². The Kier molecular flexibility index (Phi) is 4.72. The van der Waals surface area contributed by atoms with Crippen LogP contribution in [0.4, 0.5) is 10.1 Å². The van der Waals surface area contributed by atoms with Crippen LogP contribution in [0.2, 0.25) is 0 Å². The van der Waals surface area contributed by atoms with Crippen LogP contribution >= 0.6 is 0 Å². The third kappa shape index (κ3) is 4.45. The van der Waals surface area contributed by atoms with Crippen LogP contribution in [0.5, 0.6) is 5.75 Å². The first-order chi connectivity index (χ1) is 10.0. The van der Waals surface area contributed by atoms with E-state index >= 15 is 0 Å². The second-order valence-electron chi connectivity index (χ2n) is 4.73. The van der Waals surface area contributed by atoms with E-state index in [1.54, 1.807) is 36.4 Å². The first-order valence-corrected chi connectivity index (χ1v) is 6.49. The molecule has 1 N–H and O–H groups in total. The Bertz CT molecular complexity index is 650. The van der Waals surface area contributed by atoms with E-state index in [4.69, 9.17) is 4.74 Å².